The Kier molecular flexibility index (Phi) is 4.04. The van der Waals surface area contributed by atoms with Crippen LogP contribution in [0.1, 0.15) is 32.2 Å². The predicted molar refractivity (Wildman–Crippen MR) is 64.6 cm³/mol. The maximum Gasteiger partial charge on any atom is 0.409 e. The van der Waals surface area contributed by atoms with Gasteiger partial charge in [-0.2, -0.15) is 0 Å². The molecule has 0 aromatic carbocycles. The van der Waals surface area contributed by atoms with Gasteiger partial charge in [0.25, 0.3) is 0 Å². The van der Waals surface area contributed by atoms with Gasteiger partial charge in [0.05, 0.1) is 0 Å². The van der Waals surface area contributed by atoms with Crippen molar-refractivity contribution in [2.75, 3.05) is 14.1 Å². The summed E-state index contributed by atoms with van der Waals surface area (Å²) >= 11 is 0. The summed E-state index contributed by atoms with van der Waals surface area (Å²) in [5.74, 6) is 0.508. The molecular weight excluding hydrogens is 218 g/mol. The number of carbonyl (C=O) groups excluding carboxylic acids is 1. The summed E-state index contributed by atoms with van der Waals surface area (Å²) in [6.07, 6.45) is 3.14. The fraction of sp³-hybridized carbons (Fsp3) is 0.583. The molecule has 0 spiro atoms. The van der Waals surface area contributed by atoms with Crippen LogP contribution in [0.2, 0.25) is 0 Å². The molecule has 94 valence electrons. The number of carbonyl (C=O) groups is 1. The lowest BCUT2D eigenvalue weighted by atomic mass is 9.89. The number of hydrogen-bond donors (Lipinski definition) is 0. The molecule has 0 aliphatic rings. The summed E-state index contributed by atoms with van der Waals surface area (Å²) in [5.41, 5.74) is 1.08. The highest BCUT2D eigenvalue weighted by atomic mass is 16.6. The van der Waals surface area contributed by atoms with Crippen molar-refractivity contribution in [3.05, 3.63) is 23.8 Å². The zero-order valence-corrected chi connectivity index (χ0v) is 11.0. The maximum absolute atomic E-state index is 11.2. The van der Waals surface area contributed by atoms with E-state index >= 15 is 0 Å². The van der Waals surface area contributed by atoms with Crippen LogP contribution in [0.15, 0.2) is 12.4 Å². The molecule has 0 radical (unpaired) electrons. The predicted octanol–water partition coefficient (Wildman–Crippen LogP) is 1.97. The van der Waals surface area contributed by atoms with Gasteiger partial charge in [0.2, 0.25) is 0 Å². The van der Waals surface area contributed by atoms with Crippen molar-refractivity contribution in [2.45, 2.75) is 32.8 Å². The van der Waals surface area contributed by atoms with Crippen molar-refractivity contribution in [1.82, 2.24) is 14.9 Å². The average molecular weight is 237 g/mol. The fourth-order valence-electron chi connectivity index (χ4n) is 1.07. The second kappa shape index (κ2) is 5.12. The Hall–Kier alpha value is -1.65. The molecule has 17 heavy (non-hydrogen) atoms. The van der Waals surface area contributed by atoms with Crippen LogP contribution in [0.25, 0.3) is 0 Å². The molecule has 1 rings (SSSR count). The molecule has 0 aliphatic heterocycles. The number of amides is 1. The van der Waals surface area contributed by atoms with Crippen molar-refractivity contribution in [3.8, 4) is 0 Å². The van der Waals surface area contributed by atoms with Gasteiger partial charge in [-0.05, 0) is 11.0 Å². The molecule has 0 saturated heterocycles. The van der Waals surface area contributed by atoms with E-state index in [1.807, 2.05) is 0 Å². The summed E-state index contributed by atoms with van der Waals surface area (Å²) in [6, 6.07) is 0. The van der Waals surface area contributed by atoms with E-state index in [9.17, 15) is 4.79 Å². The quantitative estimate of drug-likeness (QED) is 0.789. The third-order valence-electron chi connectivity index (χ3n) is 2.26. The SMILES string of the molecule is CN(C)C(=O)OCc1ncc(C(C)(C)C)cn1. The largest absolute Gasteiger partial charge is 0.441 e. The minimum absolute atomic E-state index is 0.0266. The third-order valence-corrected chi connectivity index (χ3v) is 2.26. The molecule has 1 amide bonds. The molecule has 1 aromatic rings. The van der Waals surface area contributed by atoms with Gasteiger partial charge in [0.15, 0.2) is 12.4 Å². The van der Waals surface area contributed by atoms with Crippen LogP contribution in [-0.2, 0) is 16.8 Å². The van der Waals surface area contributed by atoms with Crippen molar-refractivity contribution >= 4 is 6.09 Å². The molecule has 1 heterocycles. The molecule has 0 saturated carbocycles. The lowest BCUT2D eigenvalue weighted by Crippen LogP contribution is -2.23. The first-order valence-corrected chi connectivity index (χ1v) is 5.46. The number of ether oxygens (including phenoxy) is 1. The molecular formula is C12H19N3O2. The second-order valence-electron chi connectivity index (χ2n) is 5.09. The Balaban J connectivity index is 2.61. The standard InChI is InChI=1S/C12H19N3O2/c1-12(2,3)9-6-13-10(14-7-9)8-17-11(16)15(4)5/h6-7H,8H2,1-5H3. The molecule has 5 nitrogen and oxygen atoms in total. The van der Waals surface area contributed by atoms with E-state index in [-0.39, 0.29) is 12.0 Å². The van der Waals surface area contributed by atoms with Gasteiger partial charge in [-0.25, -0.2) is 14.8 Å². The van der Waals surface area contributed by atoms with Crippen molar-refractivity contribution in [3.63, 3.8) is 0 Å². The Labute approximate surface area is 102 Å². The van der Waals surface area contributed by atoms with Crippen LogP contribution in [0.4, 0.5) is 4.79 Å². The summed E-state index contributed by atoms with van der Waals surface area (Å²) in [6.45, 7) is 6.38. The van der Waals surface area contributed by atoms with E-state index in [0.29, 0.717) is 5.82 Å². The lowest BCUT2D eigenvalue weighted by Gasteiger charge is -2.17. The summed E-state index contributed by atoms with van der Waals surface area (Å²) in [4.78, 5) is 20.9. The molecule has 0 unspecified atom stereocenters. The average Bonchev–Trinajstić information content (AvgIpc) is 2.25. The summed E-state index contributed by atoms with van der Waals surface area (Å²) in [7, 11) is 3.26. The highest BCUT2D eigenvalue weighted by molar-refractivity contribution is 5.66. The molecule has 0 fully saturated rings. The number of aromatic nitrogens is 2. The van der Waals surface area contributed by atoms with Gasteiger partial charge in [0, 0.05) is 26.5 Å². The van der Waals surface area contributed by atoms with Crippen molar-refractivity contribution in [1.29, 1.82) is 0 Å². The zero-order chi connectivity index (χ0) is 13.1. The highest BCUT2D eigenvalue weighted by Gasteiger charge is 2.14. The molecule has 0 N–H and O–H groups in total. The second-order valence-corrected chi connectivity index (χ2v) is 5.09. The Morgan fingerprint density at radius 3 is 2.24 bits per heavy atom. The smallest absolute Gasteiger partial charge is 0.409 e. The molecule has 1 aromatic heterocycles. The van der Waals surface area contributed by atoms with Crippen LogP contribution in [0.5, 0.6) is 0 Å². The van der Waals surface area contributed by atoms with Crippen LogP contribution in [0, 0.1) is 0 Å². The summed E-state index contributed by atoms with van der Waals surface area (Å²) < 4.78 is 4.98. The first-order chi connectivity index (χ1) is 7.80. The topological polar surface area (TPSA) is 55.3 Å². The van der Waals surface area contributed by atoms with Gasteiger partial charge >= 0.3 is 6.09 Å². The van der Waals surface area contributed by atoms with Crippen LogP contribution in [-0.4, -0.2) is 35.1 Å². The van der Waals surface area contributed by atoms with Crippen LogP contribution in [0.3, 0.4) is 0 Å². The first kappa shape index (κ1) is 13.4. The minimum Gasteiger partial charge on any atom is -0.441 e. The maximum atomic E-state index is 11.2. The van der Waals surface area contributed by atoms with Crippen LogP contribution < -0.4 is 0 Å². The van der Waals surface area contributed by atoms with E-state index in [1.54, 1.807) is 26.5 Å². The minimum atomic E-state index is -0.395. The Morgan fingerprint density at radius 1 is 1.29 bits per heavy atom. The molecule has 5 heteroatoms. The van der Waals surface area contributed by atoms with E-state index in [0.717, 1.165) is 5.56 Å². The van der Waals surface area contributed by atoms with E-state index in [1.165, 1.54) is 4.90 Å². The zero-order valence-electron chi connectivity index (χ0n) is 11.0. The Bertz CT molecular complexity index is 380. The van der Waals surface area contributed by atoms with Crippen LogP contribution >= 0.6 is 0 Å². The van der Waals surface area contributed by atoms with Gasteiger partial charge in [-0.1, -0.05) is 20.8 Å². The highest BCUT2D eigenvalue weighted by Crippen LogP contribution is 2.19. The van der Waals surface area contributed by atoms with Gasteiger partial charge < -0.3 is 9.64 Å². The number of nitrogens with zero attached hydrogens (tertiary/aromatic N) is 3. The third kappa shape index (κ3) is 4.01. The first-order valence-electron chi connectivity index (χ1n) is 5.46. The monoisotopic (exact) mass is 237 g/mol. The van der Waals surface area contributed by atoms with Crippen molar-refractivity contribution in [2.24, 2.45) is 0 Å². The van der Waals surface area contributed by atoms with E-state index in [4.69, 9.17) is 4.74 Å². The molecule has 0 aliphatic carbocycles. The fourth-order valence-corrected chi connectivity index (χ4v) is 1.07. The van der Waals surface area contributed by atoms with Gasteiger partial charge in [0.1, 0.15) is 0 Å². The van der Waals surface area contributed by atoms with Gasteiger partial charge in [-0.3, -0.25) is 0 Å². The Morgan fingerprint density at radius 2 is 1.82 bits per heavy atom. The number of rotatable bonds is 2. The lowest BCUT2D eigenvalue weighted by molar-refractivity contribution is 0.109. The van der Waals surface area contributed by atoms with Gasteiger partial charge in [-0.15, -0.1) is 0 Å². The molecule has 0 bridgehead atoms. The summed E-state index contributed by atoms with van der Waals surface area (Å²) in [5, 5.41) is 0. The normalized spacial score (nSPS) is 11.1. The van der Waals surface area contributed by atoms with E-state index < -0.39 is 6.09 Å². The van der Waals surface area contributed by atoms with E-state index in [2.05, 4.69) is 30.7 Å². The van der Waals surface area contributed by atoms with Crippen molar-refractivity contribution < 1.29 is 9.53 Å². The molecule has 0 atom stereocenters. The number of hydrogen-bond acceptors (Lipinski definition) is 4.